The number of allylic oxidation sites excluding steroid dienone is 2. The summed E-state index contributed by atoms with van der Waals surface area (Å²) < 4.78 is 6.02. The van der Waals surface area contributed by atoms with Crippen LogP contribution < -0.4 is 0 Å². The monoisotopic (exact) mass is 810 g/mol. The van der Waals surface area contributed by atoms with E-state index < -0.39 is 0 Å². The molecule has 5 rings (SSSR count). The number of hydrogen-bond acceptors (Lipinski definition) is 5. The quantitative estimate of drug-likeness (QED) is 0.0912. The largest absolute Gasteiger partial charge is 0.512 e. The molecule has 5 nitrogen and oxygen atoms in total. The summed E-state index contributed by atoms with van der Waals surface area (Å²) in [4.78, 5) is 21.0. The van der Waals surface area contributed by atoms with Gasteiger partial charge in [-0.1, -0.05) is 97.5 Å². The van der Waals surface area contributed by atoms with Gasteiger partial charge in [-0.15, -0.1) is 29.1 Å². The first-order valence-electron chi connectivity index (χ1n) is 16.5. The van der Waals surface area contributed by atoms with E-state index in [2.05, 4.69) is 73.2 Å². The maximum atomic E-state index is 12.2. The molecule has 0 fully saturated rings. The minimum Gasteiger partial charge on any atom is -0.512 e. The minimum absolute atomic E-state index is 0. The van der Waals surface area contributed by atoms with Crippen molar-refractivity contribution >= 4 is 27.5 Å². The van der Waals surface area contributed by atoms with Crippen molar-refractivity contribution in [2.75, 3.05) is 0 Å². The number of aromatic nitrogens is 2. The molecule has 5 aromatic rings. The predicted molar refractivity (Wildman–Crippen MR) is 191 cm³/mol. The molecule has 6 heteroatoms. The van der Waals surface area contributed by atoms with Crippen LogP contribution in [0.4, 0.5) is 0 Å². The Kier molecular flexibility index (Phi) is 12.5. The van der Waals surface area contributed by atoms with Crippen molar-refractivity contribution in [2.45, 2.75) is 93.4 Å². The topological polar surface area (TPSA) is 76.2 Å². The van der Waals surface area contributed by atoms with Crippen molar-refractivity contribution in [3.63, 3.8) is 0 Å². The van der Waals surface area contributed by atoms with Crippen molar-refractivity contribution in [3.8, 4) is 22.6 Å². The fraction of sp³-hybridized carbons (Fsp3) is 0.390. The molecule has 1 N–H and O–H groups in total. The number of rotatable bonds is 9. The number of fused-ring (bicyclic) bond motifs is 2. The summed E-state index contributed by atoms with van der Waals surface area (Å²) in [5, 5.41) is 13.5. The number of nitrogens with zero attached hydrogens (tertiary/aromatic N) is 2. The van der Waals surface area contributed by atoms with Crippen LogP contribution in [0.25, 0.3) is 44.3 Å². The maximum absolute atomic E-state index is 12.2. The summed E-state index contributed by atoms with van der Waals surface area (Å²) >= 11 is 0. The molecule has 0 amide bonds. The Morgan fingerprint density at radius 3 is 2.15 bits per heavy atom. The molecule has 0 saturated carbocycles. The zero-order valence-electron chi connectivity index (χ0n) is 29.3. The van der Waals surface area contributed by atoms with Crippen LogP contribution in [0.3, 0.4) is 0 Å². The summed E-state index contributed by atoms with van der Waals surface area (Å²) in [6.07, 6.45) is 10.1. The van der Waals surface area contributed by atoms with E-state index in [1.54, 1.807) is 6.20 Å². The molecule has 2 aromatic carbocycles. The van der Waals surface area contributed by atoms with Crippen LogP contribution in [-0.4, -0.2) is 20.9 Å². The average molecular weight is 810 g/mol. The van der Waals surface area contributed by atoms with Gasteiger partial charge in [-0.05, 0) is 49.3 Å². The smallest absolute Gasteiger partial charge is 0.164 e. The third-order valence-corrected chi connectivity index (χ3v) is 9.82. The van der Waals surface area contributed by atoms with E-state index in [-0.39, 0.29) is 47.9 Å². The summed E-state index contributed by atoms with van der Waals surface area (Å²) in [6, 6.07) is 22.1. The van der Waals surface area contributed by atoms with Crippen LogP contribution in [-0.2, 0) is 30.3 Å². The predicted octanol–water partition coefficient (Wildman–Crippen LogP) is 11.5. The number of hydrogen-bond donors (Lipinski definition) is 1. The molecule has 1 radical (unpaired) electrons. The van der Waals surface area contributed by atoms with Crippen molar-refractivity contribution in [1.29, 1.82) is 0 Å². The normalized spacial score (nSPS) is 12.4. The van der Waals surface area contributed by atoms with Crippen molar-refractivity contribution in [3.05, 3.63) is 96.7 Å². The Hall–Kier alpha value is -3.60. The van der Waals surface area contributed by atoms with Gasteiger partial charge in [0.15, 0.2) is 5.78 Å². The molecule has 0 aliphatic carbocycles. The molecule has 0 bridgehead atoms. The van der Waals surface area contributed by atoms with Gasteiger partial charge in [0.2, 0.25) is 0 Å². The molecule has 0 atom stereocenters. The first-order valence-corrected chi connectivity index (χ1v) is 16.5. The molecule has 251 valence electrons. The zero-order valence-corrected chi connectivity index (χ0v) is 31.7. The zero-order chi connectivity index (χ0) is 33.7. The maximum Gasteiger partial charge on any atom is 0.164 e. The summed E-state index contributed by atoms with van der Waals surface area (Å²) in [7, 11) is 0. The summed E-state index contributed by atoms with van der Waals surface area (Å²) in [5.41, 5.74) is 4.42. The van der Waals surface area contributed by atoms with Crippen LogP contribution in [0.2, 0.25) is 0 Å². The second kappa shape index (κ2) is 15.5. The van der Waals surface area contributed by atoms with Gasteiger partial charge in [-0.3, -0.25) is 14.8 Å². The van der Waals surface area contributed by atoms with Crippen LogP contribution in [0.15, 0.2) is 89.4 Å². The number of aliphatic hydroxyl groups is 1. The fourth-order valence-electron chi connectivity index (χ4n) is 5.43. The van der Waals surface area contributed by atoms with E-state index in [9.17, 15) is 9.90 Å². The van der Waals surface area contributed by atoms with Gasteiger partial charge in [-0.25, -0.2) is 0 Å². The number of carbonyl (C=O) groups excluding carboxylic acids is 1. The molecular formula is C41H49IrN2O3-. The Labute approximate surface area is 294 Å². The number of pyridine rings is 2. The first-order chi connectivity index (χ1) is 21.8. The van der Waals surface area contributed by atoms with Crippen molar-refractivity contribution in [1.82, 2.24) is 9.97 Å². The van der Waals surface area contributed by atoms with Crippen LogP contribution in [0.5, 0.6) is 0 Å². The SMILES string of the molecule is CC(C)(C)c1cc(-c2cc(-c3cc4cnccc4o3)ccn2)[c-]c2ccccc12.CCC(C)(CC)C(=O)/C=C(\O)C(C)(CC)CC.[Ir]. The molecule has 0 spiro atoms. The minimum atomic E-state index is -0.337. The molecular weight excluding hydrogens is 761 g/mol. The van der Waals surface area contributed by atoms with Gasteiger partial charge in [0, 0.05) is 72.2 Å². The molecule has 0 aliphatic rings. The van der Waals surface area contributed by atoms with Gasteiger partial charge in [0.25, 0.3) is 0 Å². The standard InChI is InChI=1S/C26H21N2O.C15H28O2.Ir/c1-26(2,3)22-13-19(12-17-6-4-5-7-21(17)22)23-14-18(8-11-28-23)25-15-20-16-27-10-9-24(20)29-25;1-7-14(5,8-2)12(16)11-13(17)15(6,9-3)10-4;/h4-11,13-16H,1-3H3;11,16H,7-10H2,1-6H3;/q-1;;/b;12-11-;. The van der Waals surface area contributed by atoms with Crippen molar-refractivity contribution in [2.24, 2.45) is 10.8 Å². The second-order valence-corrected chi connectivity index (χ2v) is 13.8. The Morgan fingerprint density at radius 1 is 0.872 bits per heavy atom. The molecule has 0 aliphatic heterocycles. The van der Waals surface area contributed by atoms with E-state index in [0.29, 0.717) is 0 Å². The molecule has 0 saturated heterocycles. The Bertz CT molecular complexity index is 1810. The third kappa shape index (κ3) is 8.47. The number of benzene rings is 2. The van der Waals surface area contributed by atoms with Gasteiger partial charge >= 0.3 is 0 Å². The number of furan rings is 1. The van der Waals surface area contributed by atoms with Crippen LogP contribution in [0.1, 0.15) is 93.6 Å². The first kappa shape index (κ1) is 37.9. The van der Waals surface area contributed by atoms with E-state index in [0.717, 1.165) is 64.6 Å². The number of carbonyl (C=O) groups is 1. The van der Waals surface area contributed by atoms with E-state index >= 15 is 0 Å². The second-order valence-electron chi connectivity index (χ2n) is 13.8. The number of ketones is 1. The number of aliphatic hydroxyl groups excluding tert-OH is 1. The summed E-state index contributed by atoms with van der Waals surface area (Å²) in [5.74, 6) is 1.10. The molecule has 3 heterocycles. The summed E-state index contributed by atoms with van der Waals surface area (Å²) in [6.45, 7) is 18.8. The molecule has 3 aromatic heterocycles. The van der Waals surface area contributed by atoms with Gasteiger partial charge < -0.3 is 9.52 Å². The van der Waals surface area contributed by atoms with E-state index in [1.807, 2.05) is 72.1 Å². The van der Waals surface area contributed by atoms with Gasteiger partial charge in [-0.2, -0.15) is 0 Å². The van der Waals surface area contributed by atoms with Crippen LogP contribution in [0, 0.1) is 16.9 Å². The average Bonchev–Trinajstić information content (AvgIpc) is 3.51. The van der Waals surface area contributed by atoms with E-state index in [1.165, 1.54) is 17.0 Å². The fourth-order valence-corrected chi connectivity index (χ4v) is 5.43. The van der Waals surface area contributed by atoms with Gasteiger partial charge in [0.05, 0.1) is 0 Å². The van der Waals surface area contributed by atoms with Gasteiger partial charge in [0.1, 0.15) is 17.1 Å². The Morgan fingerprint density at radius 2 is 1.53 bits per heavy atom. The molecule has 0 unspecified atom stereocenters. The molecule has 47 heavy (non-hydrogen) atoms. The third-order valence-electron chi connectivity index (χ3n) is 9.82. The van der Waals surface area contributed by atoms with Crippen molar-refractivity contribution < 1.29 is 34.4 Å². The van der Waals surface area contributed by atoms with E-state index in [4.69, 9.17) is 4.42 Å². The Balaban J connectivity index is 0.000000290. The van der Waals surface area contributed by atoms with Crippen LogP contribution >= 0.6 is 0 Å².